The number of carboxylic acids is 4. The number of carbonyl (C=O) groups excluding carboxylic acids is 14. The Labute approximate surface area is 739 Å². The SMILES string of the molecule is N=C(N)NCCC[C@@H](NC(=O)c1ccccc1)C(=O)NCC(=O)N[C@H](CC(=O)O)C(=O)N[C@H](Cc1ccccc1)C(=O)NC1CC(NC(=O)[C@H](Cc2ccccc2)NC(=O)[C@H](CC(=O)O)NC(=O)CNC(=O)[C@H](CCCN=C(N)N)NC(=O)c2ccccc2)CC(C(=O)N[C@@H](CCCN=C(N)N)C(=O)NCC(=O)N[C@@H](CC(=O)O)C(=O)N[C@@H](Cc2ccccc2)C(=O)O)C1. The minimum atomic E-state index is -1.97. The fraction of sp³-hybridized carbons (Fsp3) is 0.393. The monoisotopic (exact) mass is 1790 g/mol. The Morgan fingerprint density at radius 3 is 0.969 bits per heavy atom. The van der Waals surface area contributed by atoms with Crippen LogP contribution in [0.2, 0.25) is 0 Å². The van der Waals surface area contributed by atoms with Crippen LogP contribution in [0.15, 0.2) is 162 Å². The summed E-state index contributed by atoms with van der Waals surface area (Å²) in [5.41, 5.74) is 29.2. The molecular formula is C84H109N23O22. The Hall–Kier alpha value is -15.6. The highest BCUT2D eigenvalue weighted by molar-refractivity contribution is 6.02. The van der Waals surface area contributed by atoms with Crippen molar-refractivity contribution >= 4 is 124 Å². The summed E-state index contributed by atoms with van der Waals surface area (Å²) in [5, 5.41) is 84.5. The van der Waals surface area contributed by atoms with Crippen molar-refractivity contribution in [1.29, 1.82) is 5.41 Å². The molecule has 1 fully saturated rings. The van der Waals surface area contributed by atoms with Crippen LogP contribution in [0.3, 0.4) is 0 Å². The second-order valence-electron chi connectivity index (χ2n) is 29.9. The van der Waals surface area contributed by atoms with Gasteiger partial charge in [-0.25, -0.2) is 4.79 Å². The second kappa shape index (κ2) is 53.5. The highest BCUT2D eigenvalue weighted by atomic mass is 16.4. The van der Waals surface area contributed by atoms with Gasteiger partial charge in [0.15, 0.2) is 17.9 Å². The molecule has 14 amide bonds. The van der Waals surface area contributed by atoms with Crippen molar-refractivity contribution in [1.82, 2.24) is 79.8 Å². The summed E-state index contributed by atoms with van der Waals surface area (Å²) in [6.07, 6.45) is -5.32. The smallest absolute Gasteiger partial charge is 0.326 e. The van der Waals surface area contributed by atoms with Gasteiger partial charge in [0.25, 0.3) is 11.8 Å². The molecule has 1 aliphatic rings. The van der Waals surface area contributed by atoms with E-state index in [0.717, 1.165) is 0 Å². The first-order valence-electron chi connectivity index (χ1n) is 40.9. The molecule has 0 aliphatic heterocycles. The molecule has 5 aromatic rings. The number of hydrogen-bond acceptors (Lipinski definition) is 21. The van der Waals surface area contributed by atoms with E-state index in [9.17, 15) is 92.3 Å². The first kappa shape index (κ1) is 102. The van der Waals surface area contributed by atoms with Crippen LogP contribution in [0.25, 0.3) is 0 Å². The third-order valence-electron chi connectivity index (χ3n) is 19.7. The lowest BCUT2D eigenvalue weighted by atomic mass is 9.81. The number of amides is 14. The van der Waals surface area contributed by atoms with Gasteiger partial charge in [0, 0.05) is 68.0 Å². The number of nitrogens with one attached hydrogen (secondary N) is 16. The lowest BCUT2D eigenvalue weighted by Crippen LogP contribution is -2.60. The Kier molecular flexibility index (Phi) is 42.4. The van der Waals surface area contributed by atoms with Crippen LogP contribution >= 0.6 is 0 Å². The molecule has 12 atom stereocenters. The molecule has 0 spiro atoms. The van der Waals surface area contributed by atoms with E-state index in [1.54, 1.807) is 127 Å². The number of hydrogen-bond donors (Lipinski definition) is 25. The van der Waals surface area contributed by atoms with Gasteiger partial charge in [-0.2, -0.15) is 0 Å². The highest BCUT2D eigenvalue weighted by Gasteiger charge is 2.40. The van der Waals surface area contributed by atoms with Crippen molar-refractivity contribution in [3.63, 3.8) is 0 Å². The van der Waals surface area contributed by atoms with Crippen molar-refractivity contribution in [3.8, 4) is 0 Å². The molecule has 1 saturated carbocycles. The van der Waals surface area contributed by atoms with Gasteiger partial charge in [-0.3, -0.25) is 96.9 Å². The van der Waals surface area contributed by atoms with E-state index in [1.165, 1.54) is 24.3 Å². The van der Waals surface area contributed by atoms with E-state index >= 15 is 14.4 Å². The molecule has 0 aromatic heterocycles. The minimum Gasteiger partial charge on any atom is -0.481 e. The van der Waals surface area contributed by atoms with Crippen LogP contribution < -0.4 is 108 Å². The van der Waals surface area contributed by atoms with Gasteiger partial charge in [0.1, 0.15) is 54.4 Å². The normalized spacial score (nSPS) is 15.2. The van der Waals surface area contributed by atoms with Gasteiger partial charge in [0.05, 0.1) is 38.9 Å². The number of benzene rings is 5. The summed E-state index contributed by atoms with van der Waals surface area (Å²) < 4.78 is 0. The molecule has 0 radical (unpaired) electrons. The Morgan fingerprint density at radius 1 is 0.341 bits per heavy atom. The molecule has 3 unspecified atom stereocenters. The van der Waals surface area contributed by atoms with Gasteiger partial charge in [-0.15, -0.1) is 0 Å². The summed E-state index contributed by atoms with van der Waals surface area (Å²) in [7, 11) is 0. The highest BCUT2D eigenvalue weighted by Crippen LogP contribution is 2.27. The molecule has 129 heavy (non-hydrogen) atoms. The van der Waals surface area contributed by atoms with Crippen LogP contribution in [0, 0.1) is 11.3 Å². The fourth-order valence-electron chi connectivity index (χ4n) is 13.4. The summed E-state index contributed by atoms with van der Waals surface area (Å²) in [6.45, 7) is -2.76. The molecule has 30 N–H and O–H groups in total. The maximum absolute atomic E-state index is 15.2. The third-order valence-corrected chi connectivity index (χ3v) is 19.7. The van der Waals surface area contributed by atoms with Gasteiger partial charge >= 0.3 is 23.9 Å². The van der Waals surface area contributed by atoms with E-state index in [-0.39, 0.29) is 126 Å². The zero-order valence-electron chi connectivity index (χ0n) is 70.1. The molecule has 45 heteroatoms. The number of aliphatic carboxylic acids is 4. The maximum atomic E-state index is 15.2. The Morgan fingerprint density at radius 2 is 0.651 bits per heavy atom. The summed E-state index contributed by atoms with van der Waals surface area (Å²) in [6, 6.07) is 22.1. The van der Waals surface area contributed by atoms with Crippen LogP contribution in [0.4, 0.5) is 0 Å². The number of nitrogens with zero attached hydrogens (tertiary/aromatic N) is 2. The van der Waals surface area contributed by atoms with E-state index in [0.29, 0.717) is 16.7 Å². The van der Waals surface area contributed by atoms with Crippen LogP contribution in [-0.4, -0.2) is 251 Å². The number of guanidine groups is 3. The summed E-state index contributed by atoms with van der Waals surface area (Å²) in [4.78, 5) is 255. The largest absolute Gasteiger partial charge is 0.481 e. The van der Waals surface area contributed by atoms with Crippen molar-refractivity contribution in [2.45, 2.75) is 163 Å². The fourth-order valence-corrected chi connectivity index (χ4v) is 13.4. The lowest BCUT2D eigenvalue weighted by molar-refractivity contribution is -0.143. The van der Waals surface area contributed by atoms with E-state index in [1.807, 2.05) is 0 Å². The number of nitrogens with two attached hydrogens (primary N) is 5. The molecule has 0 saturated heterocycles. The van der Waals surface area contributed by atoms with Crippen LogP contribution in [-0.2, 0) is 96.0 Å². The average molecular weight is 1790 g/mol. The van der Waals surface area contributed by atoms with Crippen molar-refractivity contribution < 1.29 is 107 Å². The quantitative estimate of drug-likeness (QED) is 0.00982. The van der Waals surface area contributed by atoms with E-state index in [4.69, 9.17) is 34.1 Å². The van der Waals surface area contributed by atoms with Gasteiger partial charge in [0.2, 0.25) is 70.9 Å². The van der Waals surface area contributed by atoms with Gasteiger partial charge in [-0.05, 0) is 98.7 Å². The van der Waals surface area contributed by atoms with Crippen LogP contribution in [0.5, 0.6) is 0 Å². The zero-order chi connectivity index (χ0) is 94.5. The molecule has 6 rings (SSSR count). The summed E-state index contributed by atoms with van der Waals surface area (Å²) in [5.74, 6) is -22.9. The molecule has 0 bridgehead atoms. The Balaban J connectivity index is 1.31. The molecule has 0 heterocycles. The van der Waals surface area contributed by atoms with Gasteiger partial charge < -0.3 is 129 Å². The molecular weight excluding hydrogens is 1680 g/mol. The van der Waals surface area contributed by atoms with E-state index in [2.05, 4.69) is 89.7 Å². The number of carboxylic acid groups (broad SMARTS) is 4. The van der Waals surface area contributed by atoms with Crippen molar-refractivity contribution in [2.75, 3.05) is 39.3 Å². The van der Waals surface area contributed by atoms with Crippen molar-refractivity contribution in [3.05, 3.63) is 179 Å². The average Bonchev–Trinajstić information content (AvgIpc) is 0.819. The predicted octanol–water partition coefficient (Wildman–Crippen LogP) is -5.30. The molecule has 5 aromatic carbocycles. The first-order chi connectivity index (χ1) is 61.5. The third kappa shape index (κ3) is 38.6. The first-order valence-corrected chi connectivity index (χ1v) is 40.9. The Bertz CT molecular complexity index is 4780. The van der Waals surface area contributed by atoms with E-state index < -0.39 is 218 Å². The lowest BCUT2D eigenvalue weighted by Gasteiger charge is -2.37. The summed E-state index contributed by atoms with van der Waals surface area (Å²) >= 11 is 0. The number of rotatable bonds is 53. The number of aliphatic imine (C=N–C) groups is 2. The van der Waals surface area contributed by atoms with Crippen LogP contribution in [0.1, 0.15) is 114 Å². The zero-order valence-corrected chi connectivity index (χ0v) is 70.1. The number of carbonyl (C=O) groups is 18. The standard InChI is InChI=1S/C84H109N23O22/c85-82(86)91-32-16-29-55(102-70(117)50-25-12-4-13-26-50)73(120)94-44-64(108)99-60(41-67(111)112)78(125)105-58(35-47-19-6-1-7-20-47)76(123)97-53-38-52(72(119)104-57(31-18-34-93-84(89)90)75(122)96-46-66(110)101-62(43-69(115)116)80(127)107-63(81(128)129)37-49-23-10-3-11-24-49)39-54(40-53)98-77(124)59(36-48-21-8-2-9-22-48)106-79(126)61(42-68(113)114)100-65(109)45-95-74(121)56(30-17-33-92-83(87)88)103-71(118)51-27-14-5-15-28-51/h1-15,19-28,52-63H,16-18,29-46H2,(H,94,120)(H,95,121)(H,96,122)(H,97,123)(H,98,124)(H,99,108)(H,100,109)(H,101,110)(H,102,117)(H,103,118)(H,104,119)(H,105,125)(H,106,126)(H,107,127)(H,111,112)(H,113,114)(H,115,116)(H,128,129)(H4,85,86,91)(H4,87,88,92)(H4,89,90,93)/t52?,53?,54?,55-,56+,57-,58-,59+,60-,61+,62-,63-/m0/s1. The molecule has 45 nitrogen and oxygen atoms in total. The maximum Gasteiger partial charge on any atom is 0.326 e. The van der Waals surface area contributed by atoms with Crippen molar-refractivity contribution in [2.24, 2.45) is 44.6 Å². The predicted molar refractivity (Wildman–Crippen MR) is 463 cm³/mol. The molecule has 692 valence electrons. The van der Waals surface area contributed by atoms with Gasteiger partial charge in [-0.1, -0.05) is 127 Å². The second-order valence-corrected chi connectivity index (χ2v) is 29.9. The minimum absolute atomic E-state index is 0.0406. The topological polar surface area (TPSA) is 747 Å². The molecule has 1 aliphatic carbocycles.